The van der Waals surface area contributed by atoms with Crippen molar-refractivity contribution in [2.24, 2.45) is 17.8 Å². The van der Waals surface area contributed by atoms with Gasteiger partial charge in [-0.3, -0.25) is 9.59 Å². The summed E-state index contributed by atoms with van der Waals surface area (Å²) < 4.78 is 4.55. The van der Waals surface area contributed by atoms with Gasteiger partial charge in [0.15, 0.2) is 0 Å². The van der Waals surface area contributed by atoms with Crippen molar-refractivity contribution >= 4 is 11.9 Å². The molecule has 1 fully saturated rings. The number of hydrogen-bond donors (Lipinski definition) is 0. The maximum atomic E-state index is 11.3. The summed E-state index contributed by atoms with van der Waals surface area (Å²) >= 11 is 0. The molecular formula is C13H22O3. The lowest BCUT2D eigenvalue weighted by Gasteiger charge is -2.17. The highest BCUT2D eigenvalue weighted by Gasteiger charge is 2.34. The van der Waals surface area contributed by atoms with Gasteiger partial charge in [0.05, 0.1) is 12.3 Å². The summed E-state index contributed by atoms with van der Waals surface area (Å²) in [7, 11) is 0. The number of carbonyl (C=O) groups is 2. The Bertz CT molecular complexity index is 260. The third-order valence-electron chi connectivity index (χ3n) is 3.23. The molecule has 3 unspecified atom stereocenters. The highest BCUT2D eigenvalue weighted by Crippen LogP contribution is 2.27. The summed E-state index contributed by atoms with van der Waals surface area (Å²) in [5.41, 5.74) is 0. The topological polar surface area (TPSA) is 43.4 Å². The smallest absolute Gasteiger partial charge is 0.317 e. The van der Waals surface area contributed by atoms with Crippen molar-refractivity contribution in [1.82, 2.24) is 0 Å². The van der Waals surface area contributed by atoms with Crippen molar-refractivity contribution in [3.63, 3.8) is 0 Å². The van der Waals surface area contributed by atoms with Gasteiger partial charge in [-0.25, -0.2) is 0 Å². The standard InChI is InChI=1S/C13H22O3/c1-4-5-9(2)6-10(3)7-11-8-12(14)16-13(11)15/h9-11H,4-8H2,1-3H3. The molecule has 1 heterocycles. The summed E-state index contributed by atoms with van der Waals surface area (Å²) in [6.07, 6.45) is 4.64. The number of ether oxygens (including phenoxy) is 1. The average molecular weight is 226 g/mol. The first-order chi connectivity index (χ1) is 7.52. The van der Waals surface area contributed by atoms with E-state index >= 15 is 0 Å². The molecule has 92 valence electrons. The van der Waals surface area contributed by atoms with Crippen LogP contribution >= 0.6 is 0 Å². The zero-order chi connectivity index (χ0) is 12.1. The van der Waals surface area contributed by atoms with Crippen molar-refractivity contribution in [2.45, 2.75) is 52.9 Å². The normalized spacial score (nSPS) is 24.3. The highest BCUT2D eigenvalue weighted by atomic mass is 16.6. The number of hydrogen-bond acceptors (Lipinski definition) is 3. The molecule has 0 saturated carbocycles. The van der Waals surface area contributed by atoms with Crippen molar-refractivity contribution in [2.75, 3.05) is 0 Å². The van der Waals surface area contributed by atoms with Crippen LogP contribution in [-0.4, -0.2) is 11.9 Å². The van der Waals surface area contributed by atoms with Crippen molar-refractivity contribution in [3.05, 3.63) is 0 Å². The molecule has 1 aliphatic heterocycles. The first kappa shape index (κ1) is 13.2. The molecule has 16 heavy (non-hydrogen) atoms. The lowest BCUT2D eigenvalue weighted by atomic mass is 9.87. The Balaban J connectivity index is 2.31. The van der Waals surface area contributed by atoms with Crippen LogP contribution < -0.4 is 0 Å². The largest absolute Gasteiger partial charge is 0.393 e. The Kier molecular flexibility index (Phi) is 4.97. The van der Waals surface area contributed by atoms with E-state index in [1.54, 1.807) is 0 Å². The van der Waals surface area contributed by atoms with Gasteiger partial charge in [-0.1, -0.05) is 33.6 Å². The molecule has 0 aromatic heterocycles. The molecule has 0 aromatic carbocycles. The van der Waals surface area contributed by atoms with E-state index in [-0.39, 0.29) is 24.3 Å². The fourth-order valence-corrected chi connectivity index (χ4v) is 2.58. The minimum atomic E-state index is -0.358. The van der Waals surface area contributed by atoms with Gasteiger partial charge in [0, 0.05) is 0 Å². The Morgan fingerprint density at radius 2 is 2.00 bits per heavy atom. The molecule has 3 atom stereocenters. The lowest BCUT2D eigenvalue weighted by Crippen LogP contribution is -2.13. The van der Waals surface area contributed by atoms with Crippen LogP contribution in [-0.2, 0) is 14.3 Å². The van der Waals surface area contributed by atoms with Crippen LogP contribution in [0.15, 0.2) is 0 Å². The number of carbonyl (C=O) groups excluding carboxylic acids is 2. The lowest BCUT2D eigenvalue weighted by molar-refractivity contribution is -0.153. The van der Waals surface area contributed by atoms with Gasteiger partial charge < -0.3 is 4.74 Å². The second kappa shape index (κ2) is 6.02. The van der Waals surface area contributed by atoms with E-state index in [1.807, 2.05) is 0 Å². The molecule has 0 N–H and O–H groups in total. The second-order valence-corrected chi connectivity index (χ2v) is 5.16. The molecular weight excluding hydrogens is 204 g/mol. The molecule has 0 bridgehead atoms. The van der Waals surface area contributed by atoms with E-state index in [4.69, 9.17) is 0 Å². The Morgan fingerprint density at radius 3 is 2.50 bits per heavy atom. The van der Waals surface area contributed by atoms with E-state index < -0.39 is 0 Å². The molecule has 3 nitrogen and oxygen atoms in total. The molecule has 0 amide bonds. The Labute approximate surface area is 97.5 Å². The van der Waals surface area contributed by atoms with Gasteiger partial charge in [-0.2, -0.15) is 0 Å². The predicted octanol–water partition coefficient (Wildman–Crippen LogP) is 2.93. The number of esters is 2. The second-order valence-electron chi connectivity index (χ2n) is 5.16. The molecule has 1 saturated heterocycles. The van der Waals surface area contributed by atoms with Crippen LogP contribution in [0.2, 0.25) is 0 Å². The van der Waals surface area contributed by atoms with Crippen LogP contribution in [0.5, 0.6) is 0 Å². The quantitative estimate of drug-likeness (QED) is 0.516. The monoisotopic (exact) mass is 226 g/mol. The number of rotatable bonds is 6. The summed E-state index contributed by atoms with van der Waals surface area (Å²) in [6, 6.07) is 0. The Morgan fingerprint density at radius 1 is 1.31 bits per heavy atom. The van der Waals surface area contributed by atoms with Crippen molar-refractivity contribution in [1.29, 1.82) is 0 Å². The average Bonchev–Trinajstić information content (AvgIpc) is 2.44. The number of cyclic esters (lactones) is 2. The fraction of sp³-hybridized carbons (Fsp3) is 0.846. The molecule has 0 aromatic rings. The first-order valence-electron chi connectivity index (χ1n) is 6.27. The van der Waals surface area contributed by atoms with E-state index in [0.717, 1.165) is 12.8 Å². The highest BCUT2D eigenvalue weighted by molar-refractivity contribution is 5.94. The maximum absolute atomic E-state index is 11.3. The zero-order valence-corrected chi connectivity index (χ0v) is 10.5. The van der Waals surface area contributed by atoms with Crippen LogP contribution in [0.3, 0.4) is 0 Å². The minimum Gasteiger partial charge on any atom is -0.393 e. The van der Waals surface area contributed by atoms with Gasteiger partial charge in [0.1, 0.15) is 0 Å². The molecule has 1 rings (SSSR count). The van der Waals surface area contributed by atoms with Crippen LogP contribution in [0.1, 0.15) is 52.9 Å². The summed E-state index contributed by atoms with van der Waals surface area (Å²) in [6.45, 7) is 6.59. The molecule has 0 spiro atoms. The molecule has 0 radical (unpaired) electrons. The predicted molar refractivity (Wildman–Crippen MR) is 61.7 cm³/mol. The van der Waals surface area contributed by atoms with Gasteiger partial charge >= 0.3 is 11.9 Å². The van der Waals surface area contributed by atoms with E-state index in [0.29, 0.717) is 11.8 Å². The van der Waals surface area contributed by atoms with Gasteiger partial charge in [0.25, 0.3) is 0 Å². The van der Waals surface area contributed by atoms with Crippen molar-refractivity contribution < 1.29 is 14.3 Å². The SMILES string of the molecule is CCCC(C)CC(C)CC1CC(=O)OC1=O. The first-order valence-corrected chi connectivity index (χ1v) is 6.27. The van der Waals surface area contributed by atoms with Crippen molar-refractivity contribution in [3.8, 4) is 0 Å². The maximum Gasteiger partial charge on any atom is 0.317 e. The van der Waals surface area contributed by atoms with Crippen LogP contribution in [0.25, 0.3) is 0 Å². The third-order valence-corrected chi connectivity index (χ3v) is 3.23. The van der Waals surface area contributed by atoms with Gasteiger partial charge in [-0.15, -0.1) is 0 Å². The zero-order valence-electron chi connectivity index (χ0n) is 10.5. The Hall–Kier alpha value is -0.860. The summed E-state index contributed by atoms with van der Waals surface area (Å²) in [4.78, 5) is 22.2. The van der Waals surface area contributed by atoms with E-state index in [2.05, 4.69) is 25.5 Å². The third kappa shape index (κ3) is 3.95. The molecule has 1 aliphatic rings. The summed E-state index contributed by atoms with van der Waals surface area (Å²) in [5.74, 6) is 0.332. The van der Waals surface area contributed by atoms with Gasteiger partial charge in [0.2, 0.25) is 0 Å². The molecule has 0 aliphatic carbocycles. The molecule has 3 heteroatoms. The van der Waals surface area contributed by atoms with Crippen LogP contribution in [0.4, 0.5) is 0 Å². The fourth-order valence-electron chi connectivity index (χ4n) is 2.58. The minimum absolute atomic E-state index is 0.184. The summed E-state index contributed by atoms with van der Waals surface area (Å²) in [5, 5.41) is 0. The van der Waals surface area contributed by atoms with Crippen LogP contribution in [0, 0.1) is 17.8 Å². The van der Waals surface area contributed by atoms with E-state index in [1.165, 1.54) is 12.8 Å². The van der Waals surface area contributed by atoms with Gasteiger partial charge in [-0.05, 0) is 24.7 Å². The van der Waals surface area contributed by atoms with E-state index in [9.17, 15) is 9.59 Å².